The maximum atomic E-state index is 13.2. The number of hydrogen-bond acceptors (Lipinski definition) is 5. The molecule has 4 heterocycles. The van der Waals surface area contributed by atoms with Gasteiger partial charge < -0.3 is 29.7 Å². The number of fused-ring (bicyclic) bond motifs is 4. The number of piperidine rings is 1. The molecule has 9 nitrogen and oxygen atoms in total. The van der Waals surface area contributed by atoms with Crippen molar-refractivity contribution in [3.63, 3.8) is 0 Å². The molecule has 2 fully saturated rings. The molecule has 0 spiro atoms. The second kappa shape index (κ2) is 10.5. The van der Waals surface area contributed by atoms with E-state index in [1.165, 1.54) is 0 Å². The fraction of sp³-hybridized carbons (Fsp3) is 0.367. The van der Waals surface area contributed by atoms with Crippen LogP contribution in [0.4, 0.5) is 21.9 Å². The predicted molar refractivity (Wildman–Crippen MR) is 151 cm³/mol. The second-order valence-corrected chi connectivity index (χ2v) is 10.6. The van der Waals surface area contributed by atoms with Crippen LogP contribution >= 0.6 is 0 Å². The van der Waals surface area contributed by atoms with Crippen LogP contribution in [0.15, 0.2) is 65.5 Å². The number of likely N-dealkylation sites (tertiary alicyclic amines) is 1. The molecule has 3 amide bonds. The van der Waals surface area contributed by atoms with Gasteiger partial charge in [0.15, 0.2) is 0 Å². The van der Waals surface area contributed by atoms with Gasteiger partial charge in [-0.15, -0.1) is 0 Å². The Morgan fingerprint density at radius 1 is 0.923 bits per heavy atom. The van der Waals surface area contributed by atoms with Gasteiger partial charge in [0.2, 0.25) is 0 Å². The van der Waals surface area contributed by atoms with Crippen LogP contribution in [0, 0.1) is 5.92 Å². The molecule has 2 aromatic carbocycles. The molecule has 3 aromatic rings. The molecule has 2 N–H and O–H groups in total. The van der Waals surface area contributed by atoms with Gasteiger partial charge in [-0.05, 0) is 61.6 Å². The summed E-state index contributed by atoms with van der Waals surface area (Å²) in [5.74, 6) is 1.17. The number of amides is 3. The molecule has 3 aliphatic heterocycles. The lowest BCUT2D eigenvalue weighted by Crippen LogP contribution is -2.47. The minimum atomic E-state index is -0.399. The highest BCUT2D eigenvalue weighted by atomic mass is 16.5. The average molecular weight is 528 g/mol. The standard InChI is InChI=1S/C30H33N5O4/c1-39-24-7-4-6-23(16-24)31-30(38)32-25-15-21(29(37)33-12-2-3-13-33)10-11-27(25)34-17-20-14-22(19-34)26-8-5-9-28(36)35(26)18-20/h4-11,15-16,20,22H,2-3,12-14,17-19H2,1H3,(H2,31,32,38). The van der Waals surface area contributed by atoms with Gasteiger partial charge in [-0.2, -0.15) is 0 Å². The molecular formula is C30H33N5O4. The van der Waals surface area contributed by atoms with Gasteiger partial charge in [-0.25, -0.2) is 4.79 Å². The van der Waals surface area contributed by atoms with Crippen molar-refractivity contribution >= 4 is 29.0 Å². The number of rotatable bonds is 5. The fourth-order valence-corrected chi connectivity index (χ4v) is 6.23. The van der Waals surface area contributed by atoms with E-state index < -0.39 is 6.03 Å². The first-order valence-electron chi connectivity index (χ1n) is 13.6. The van der Waals surface area contributed by atoms with Crippen molar-refractivity contribution in [3.05, 3.63) is 82.3 Å². The van der Waals surface area contributed by atoms with Crippen molar-refractivity contribution < 1.29 is 14.3 Å². The summed E-state index contributed by atoms with van der Waals surface area (Å²) in [5.41, 5.74) is 3.74. The smallest absolute Gasteiger partial charge is 0.323 e. The number of nitrogens with one attached hydrogen (secondary N) is 2. The van der Waals surface area contributed by atoms with E-state index >= 15 is 0 Å². The van der Waals surface area contributed by atoms with E-state index in [9.17, 15) is 14.4 Å². The van der Waals surface area contributed by atoms with Gasteiger partial charge in [-0.1, -0.05) is 12.1 Å². The number of anilines is 3. The fourth-order valence-electron chi connectivity index (χ4n) is 6.23. The van der Waals surface area contributed by atoms with Gasteiger partial charge >= 0.3 is 6.03 Å². The predicted octanol–water partition coefficient (Wildman–Crippen LogP) is 4.36. The van der Waals surface area contributed by atoms with Crippen LogP contribution in [0.25, 0.3) is 0 Å². The van der Waals surface area contributed by atoms with Crippen molar-refractivity contribution in [3.8, 4) is 5.75 Å². The molecule has 3 aliphatic rings. The summed E-state index contributed by atoms with van der Waals surface area (Å²) in [4.78, 5) is 43.0. The maximum Gasteiger partial charge on any atom is 0.323 e. The first kappa shape index (κ1) is 25.0. The number of hydrogen-bond donors (Lipinski definition) is 2. The van der Waals surface area contributed by atoms with Gasteiger partial charge in [0.1, 0.15) is 5.75 Å². The van der Waals surface area contributed by atoms with E-state index in [0.29, 0.717) is 35.2 Å². The normalized spacial score (nSPS) is 19.8. The summed E-state index contributed by atoms with van der Waals surface area (Å²) >= 11 is 0. The quantitative estimate of drug-likeness (QED) is 0.514. The molecule has 2 atom stereocenters. The summed E-state index contributed by atoms with van der Waals surface area (Å²) in [6.45, 7) is 3.70. The zero-order valence-electron chi connectivity index (χ0n) is 22.1. The molecule has 39 heavy (non-hydrogen) atoms. The minimum Gasteiger partial charge on any atom is -0.497 e. The number of aromatic nitrogens is 1. The average Bonchev–Trinajstić information content (AvgIpc) is 3.48. The SMILES string of the molecule is COc1cccc(NC(=O)Nc2cc(C(=O)N3CCCC3)ccc2N2CC3CC(C2)c2cccc(=O)n2C3)c1. The molecule has 0 aliphatic carbocycles. The zero-order valence-corrected chi connectivity index (χ0v) is 22.1. The van der Waals surface area contributed by atoms with Crippen molar-refractivity contribution in [2.24, 2.45) is 5.92 Å². The third kappa shape index (κ3) is 5.08. The minimum absolute atomic E-state index is 0.0147. The largest absolute Gasteiger partial charge is 0.497 e. The highest BCUT2D eigenvalue weighted by Gasteiger charge is 2.35. The Labute approximate surface area is 227 Å². The molecule has 2 bridgehead atoms. The number of pyridine rings is 1. The Balaban J connectivity index is 1.29. The molecule has 2 unspecified atom stereocenters. The number of urea groups is 1. The number of benzene rings is 2. The van der Waals surface area contributed by atoms with Crippen LogP contribution < -0.4 is 25.8 Å². The summed E-state index contributed by atoms with van der Waals surface area (Å²) in [6.07, 6.45) is 3.06. The number of carbonyl (C=O) groups is 2. The summed E-state index contributed by atoms with van der Waals surface area (Å²) in [6, 6.07) is 17.9. The third-order valence-electron chi connectivity index (χ3n) is 8.03. The summed E-state index contributed by atoms with van der Waals surface area (Å²) in [7, 11) is 1.58. The molecular weight excluding hydrogens is 494 g/mol. The van der Waals surface area contributed by atoms with Crippen molar-refractivity contribution in [2.45, 2.75) is 31.7 Å². The number of carbonyl (C=O) groups excluding carboxylic acids is 2. The molecule has 6 rings (SSSR count). The van der Waals surface area contributed by atoms with Crippen LogP contribution in [0.2, 0.25) is 0 Å². The van der Waals surface area contributed by atoms with Crippen LogP contribution in [0.3, 0.4) is 0 Å². The molecule has 0 radical (unpaired) electrons. The Morgan fingerprint density at radius 3 is 2.56 bits per heavy atom. The van der Waals surface area contributed by atoms with Crippen molar-refractivity contribution in [2.75, 3.05) is 48.8 Å². The third-order valence-corrected chi connectivity index (χ3v) is 8.03. The van der Waals surface area contributed by atoms with E-state index in [-0.39, 0.29) is 17.4 Å². The van der Waals surface area contributed by atoms with E-state index in [2.05, 4.69) is 15.5 Å². The zero-order chi connectivity index (χ0) is 26.9. The molecule has 0 saturated carbocycles. The van der Waals surface area contributed by atoms with E-state index in [0.717, 1.165) is 56.8 Å². The Kier molecular flexibility index (Phi) is 6.72. The van der Waals surface area contributed by atoms with Crippen molar-refractivity contribution in [1.29, 1.82) is 0 Å². The number of nitrogens with zero attached hydrogens (tertiary/aromatic N) is 3. The topological polar surface area (TPSA) is 95.9 Å². The summed E-state index contributed by atoms with van der Waals surface area (Å²) < 4.78 is 7.18. The maximum absolute atomic E-state index is 13.2. The molecule has 202 valence electrons. The lowest BCUT2D eigenvalue weighted by Gasteiger charge is -2.44. The molecule has 1 aromatic heterocycles. The van der Waals surface area contributed by atoms with Gasteiger partial charge in [0.05, 0.1) is 18.5 Å². The highest BCUT2D eigenvalue weighted by Crippen LogP contribution is 2.39. The van der Waals surface area contributed by atoms with Gasteiger partial charge in [0.25, 0.3) is 11.5 Å². The number of methoxy groups -OCH3 is 1. The van der Waals surface area contributed by atoms with Crippen LogP contribution in [0.1, 0.15) is 41.2 Å². The first-order valence-corrected chi connectivity index (χ1v) is 13.6. The first-order chi connectivity index (χ1) is 19.0. The molecule has 2 saturated heterocycles. The Bertz CT molecular complexity index is 1460. The van der Waals surface area contributed by atoms with E-state index in [4.69, 9.17) is 4.74 Å². The van der Waals surface area contributed by atoms with E-state index in [1.54, 1.807) is 31.4 Å². The molecule has 9 heteroatoms. The van der Waals surface area contributed by atoms with Crippen molar-refractivity contribution in [1.82, 2.24) is 9.47 Å². The Morgan fingerprint density at radius 2 is 1.74 bits per heavy atom. The van der Waals surface area contributed by atoms with Gasteiger partial charge in [-0.3, -0.25) is 9.59 Å². The lowest BCUT2D eigenvalue weighted by atomic mass is 9.83. The van der Waals surface area contributed by atoms with Crippen LogP contribution in [0.5, 0.6) is 5.75 Å². The second-order valence-electron chi connectivity index (χ2n) is 10.6. The van der Waals surface area contributed by atoms with Crippen LogP contribution in [-0.4, -0.2) is 54.7 Å². The number of ether oxygens (including phenoxy) is 1. The monoisotopic (exact) mass is 527 g/mol. The van der Waals surface area contributed by atoms with E-state index in [1.807, 2.05) is 45.9 Å². The van der Waals surface area contributed by atoms with Crippen LogP contribution in [-0.2, 0) is 6.54 Å². The van der Waals surface area contributed by atoms with Gasteiger partial charge in [0, 0.05) is 67.7 Å². The summed E-state index contributed by atoms with van der Waals surface area (Å²) in [5, 5.41) is 5.89. The Hall–Kier alpha value is -4.27. The highest BCUT2D eigenvalue weighted by molar-refractivity contribution is 6.04. The lowest BCUT2D eigenvalue weighted by molar-refractivity contribution is 0.0793.